The molecule has 0 radical (unpaired) electrons. The third-order valence-electron chi connectivity index (χ3n) is 4.46. The highest BCUT2D eigenvalue weighted by molar-refractivity contribution is 5.85. The molecule has 1 fully saturated rings. The maximum absolute atomic E-state index is 12.8. The molecule has 4 nitrogen and oxygen atoms in total. The molecule has 23 heavy (non-hydrogen) atoms. The number of benzene rings is 1. The molecule has 0 bridgehead atoms. The number of allylic oxidation sites excluding steroid dienone is 1. The van der Waals surface area contributed by atoms with E-state index in [-0.39, 0.29) is 5.78 Å². The standard InChI is InChI=1S/C19H26O4/c1-5-6-8-17(20)18(2,3)19(22-13-7-14-23-19)15-9-11-16(21-4)12-10-15/h5,9-12H,1,6-8,13-14H2,2-4H3. The summed E-state index contributed by atoms with van der Waals surface area (Å²) in [5, 5.41) is 0. The number of ketones is 1. The van der Waals surface area contributed by atoms with Crippen molar-refractivity contribution in [3.05, 3.63) is 42.5 Å². The first-order valence-corrected chi connectivity index (χ1v) is 8.04. The van der Waals surface area contributed by atoms with E-state index < -0.39 is 11.2 Å². The second-order valence-electron chi connectivity index (χ2n) is 6.27. The molecule has 1 aliphatic rings. The molecule has 126 valence electrons. The second-order valence-corrected chi connectivity index (χ2v) is 6.27. The zero-order chi connectivity index (χ0) is 16.9. The first-order valence-electron chi connectivity index (χ1n) is 8.04. The van der Waals surface area contributed by atoms with E-state index >= 15 is 0 Å². The summed E-state index contributed by atoms with van der Waals surface area (Å²) in [6.07, 6.45) is 3.67. The molecule has 0 atom stereocenters. The quantitative estimate of drug-likeness (QED) is 0.716. The summed E-state index contributed by atoms with van der Waals surface area (Å²) in [5.41, 5.74) is 0.0420. The van der Waals surface area contributed by atoms with E-state index in [0.717, 1.165) is 17.7 Å². The van der Waals surface area contributed by atoms with Crippen molar-refractivity contribution in [1.82, 2.24) is 0 Å². The fourth-order valence-corrected chi connectivity index (χ4v) is 2.96. The molecular weight excluding hydrogens is 292 g/mol. The third-order valence-corrected chi connectivity index (χ3v) is 4.46. The summed E-state index contributed by atoms with van der Waals surface area (Å²) in [6.45, 7) is 8.63. The highest BCUT2D eigenvalue weighted by atomic mass is 16.7. The van der Waals surface area contributed by atoms with Crippen LogP contribution in [0.15, 0.2) is 36.9 Å². The minimum absolute atomic E-state index is 0.107. The Morgan fingerprint density at radius 1 is 1.30 bits per heavy atom. The predicted octanol–water partition coefficient (Wildman–Crippen LogP) is 3.85. The van der Waals surface area contributed by atoms with Gasteiger partial charge in [0.05, 0.1) is 25.7 Å². The minimum Gasteiger partial charge on any atom is -0.497 e. The zero-order valence-electron chi connectivity index (χ0n) is 14.3. The number of ether oxygens (including phenoxy) is 3. The molecule has 0 aliphatic carbocycles. The van der Waals surface area contributed by atoms with Crippen molar-refractivity contribution in [3.63, 3.8) is 0 Å². The topological polar surface area (TPSA) is 44.8 Å². The lowest BCUT2D eigenvalue weighted by Crippen LogP contribution is -2.53. The van der Waals surface area contributed by atoms with Gasteiger partial charge in [0.2, 0.25) is 5.79 Å². The maximum Gasteiger partial charge on any atom is 0.207 e. The van der Waals surface area contributed by atoms with Crippen molar-refractivity contribution in [2.75, 3.05) is 20.3 Å². The number of hydrogen-bond acceptors (Lipinski definition) is 4. The number of carbonyl (C=O) groups excluding carboxylic acids is 1. The monoisotopic (exact) mass is 318 g/mol. The molecule has 1 aromatic carbocycles. The Bertz CT molecular complexity index is 539. The number of carbonyl (C=O) groups is 1. The van der Waals surface area contributed by atoms with Gasteiger partial charge in [0, 0.05) is 12.0 Å². The Hall–Kier alpha value is -1.65. The van der Waals surface area contributed by atoms with Crippen LogP contribution >= 0.6 is 0 Å². The molecule has 0 spiro atoms. The van der Waals surface area contributed by atoms with Gasteiger partial charge in [-0.05, 0) is 51.0 Å². The van der Waals surface area contributed by atoms with Crippen molar-refractivity contribution in [1.29, 1.82) is 0 Å². The van der Waals surface area contributed by atoms with Crippen LogP contribution in [0.2, 0.25) is 0 Å². The van der Waals surface area contributed by atoms with Crippen LogP contribution in [0.5, 0.6) is 5.75 Å². The van der Waals surface area contributed by atoms with Gasteiger partial charge in [-0.15, -0.1) is 6.58 Å². The van der Waals surface area contributed by atoms with Gasteiger partial charge in [0.1, 0.15) is 11.5 Å². The highest BCUT2D eigenvalue weighted by Gasteiger charge is 2.54. The lowest BCUT2D eigenvalue weighted by atomic mass is 9.73. The molecule has 1 aliphatic heterocycles. The van der Waals surface area contributed by atoms with E-state index in [2.05, 4.69) is 6.58 Å². The predicted molar refractivity (Wildman–Crippen MR) is 89.4 cm³/mol. The second kappa shape index (κ2) is 7.28. The fourth-order valence-electron chi connectivity index (χ4n) is 2.96. The van der Waals surface area contributed by atoms with Crippen molar-refractivity contribution >= 4 is 5.78 Å². The van der Waals surface area contributed by atoms with E-state index in [1.54, 1.807) is 13.2 Å². The van der Waals surface area contributed by atoms with E-state index in [4.69, 9.17) is 14.2 Å². The molecule has 1 aromatic rings. The normalized spacial score (nSPS) is 17.5. The average Bonchev–Trinajstić information content (AvgIpc) is 2.60. The molecule has 0 unspecified atom stereocenters. The summed E-state index contributed by atoms with van der Waals surface area (Å²) in [6, 6.07) is 7.55. The van der Waals surface area contributed by atoms with Crippen molar-refractivity contribution in [2.24, 2.45) is 5.41 Å². The summed E-state index contributed by atoms with van der Waals surface area (Å²) in [4.78, 5) is 12.8. The molecule has 0 saturated carbocycles. The molecule has 4 heteroatoms. The summed E-state index contributed by atoms with van der Waals surface area (Å²) < 4.78 is 17.4. The summed E-state index contributed by atoms with van der Waals surface area (Å²) >= 11 is 0. The van der Waals surface area contributed by atoms with Crippen LogP contribution < -0.4 is 4.74 Å². The van der Waals surface area contributed by atoms with Crippen LogP contribution in [0, 0.1) is 5.41 Å². The first-order chi connectivity index (χ1) is 11.0. The fraction of sp³-hybridized carbons (Fsp3) is 0.526. The maximum atomic E-state index is 12.8. The van der Waals surface area contributed by atoms with Gasteiger partial charge in [0.15, 0.2) is 0 Å². The van der Waals surface area contributed by atoms with Gasteiger partial charge in [-0.3, -0.25) is 4.79 Å². The van der Waals surface area contributed by atoms with Gasteiger partial charge in [-0.2, -0.15) is 0 Å². The molecular formula is C19H26O4. The summed E-state index contributed by atoms with van der Waals surface area (Å²) in [5.74, 6) is -0.193. The van der Waals surface area contributed by atoms with Crippen molar-refractivity contribution < 1.29 is 19.0 Å². The molecule has 0 amide bonds. The summed E-state index contributed by atoms with van der Waals surface area (Å²) in [7, 11) is 1.63. The SMILES string of the molecule is C=CCCC(=O)C(C)(C)C1(c2ccc(OC)cc2)OCCCO1. The van der Waals surface area contributed by atoms with E-state index in [1.165, 1.54) is 0 Å². The van der Waals surface area contributed by atoms with Crippen LogP contribution in [-0.2, 0) is 20.1 Å². The number of methoxy groups -OCH3 is 1. The van der Waals surface area contributed by atoms with Crippen molar-refractivity contribution in [3.8, 4) is 5.75 Å². The van der Waals surface area contributed by atoms with Crippen LogP contribution in [0.4, 0.5) is 0 Å². The lowest BCUT2D eigenvalue weighted by Gasteiger charge is -2.47. The Kier molecular flexibility index (Phi) is 5.60. The Morgan fingerprint density at radius 2 is 1.91 bits per heavy atom. The van der Waals surface area contributed by atoms with Crippen molar-refractivity contribution in [2.45, 2.75) is 38.9 Å². The van der Waals surface area contributed by atoms with Gasteiger partial charge >= 0.3 is 0 Å². The lowest BCUT2D eigenvalue weighted by molar-refractivity contribution is -0.319. The van der Waals surface area contributed by atoms with Gasteiger partial charge in [-0.25, -0.2) is 0 Å². The molecule has 1 heterocycles. The molecule has 1 saturated heterocycles. The van der Waals surface area contributed by atoms with Crippen LogP contribution in [0.3, 0.4) is 0 Å². The van der Waals surface area contributed by atoms with Crippen LogP contribution in [-0.4, -0.2) is 26.1 Å². The van der Waals surface area contributed by atoms with Gasteiger partial charge in [-0.1, -0.05) is 6.08 Å². The molecule has 0 aromatic heterocycles. The number of hydrogen-bond donors (Lipinski definition) is 0. The van der Waals surface area contributed by atoms with Crippen LogP contribution in [0.1, 0.15) is 38.7 Å². The minimum atomic E-state index is -1.06. The smallest absolute Gasteiger partial charge is 0.207 e. The molecule has 0 N–H and O–H groups in total. The average molecular weight is 318 g/mol. The highest BCUT2D eigenvalue weighted by Crippen LogP contribution is 2.47. The van der Waals surface area contributed by atoms with Crippen LogP contribution in [0.25, 0.3) is 0 Å². The van der Waals surface area contributed by atoms with E-state index in [0.29, 0.717) is 26.1 Å². The first kappa shape index (κ1) is 17.7. The largest absolute Gasteiger partial charge is 0.497 e. The Labute approximate surface area is 138 Å². The number of Topliss-reactive ketones (excluding diaryl/α,β-unsaturated/α-hetero) is 1. The molecule has 2 rings (SSSR count). The zero-order valence-corrected chi connectivity index (χ0v) is 14.3. The van der Waals surface area contributed by atoms with Gasteiger partial charge in [0.25, 0.3) is 0 Å². The Morgan fingerprint density at radius 3 is 2.43 bits per heavy atom. The number of rotatable bonds is 7. The Balaban J connectivity index is 2.41. The van der Waals surface area contributed by atoms with E-state index in [9.17, 15) is 4.79 Å². The van der Waals surface area contributed by atoms with E-state index in [1.807, 2.05) is 38.1 Å². The van der Waals surface area contributed by atoms with Gasteiger partial charge < -0.3 is 14.2 Å². The third kappa shape index (κ3) is 3.33.